The first-order chi connectivity index (χ1) is 19.5. The molecule has 2 heterocycles. The Labute approximate surface area is 248 Å². The summed E-state index contributed by atoms with van der Waals surface area (Å²) in [5, 5.41) is 2.67. The van der Waals surface area contributed by atoms with Gasteiger partial charge in [-0.3, -0.25) is 9.59 Å². The van der Waals surface area contributed by atoms with Crippen LogP contribution in [0.15, 0.2) is 30.3 Å². The van der Waals surface area contributed by atoms with E-state index in [9.17, 15) is 24.0 Å². The number of alkyl carbamates (subject to hydrolysis) is 1. The first kappa shape index (κ1) is 32.9. The zero-order valence-electron chi connectivity index (χ0n) is 26.0. The molecule has 0 aromatic heterocycles. The van der Waals surface area contributed by atoms with E-state index in [1.54, 1.807) is 53.7 Å². The predicted octanol–water partition coefficient (Wildman–Crippen LogP) is 3.58. The highest BCUT2D eigenvalue weighted by molar-refractivity contribution is 6.03. The van der Waals surface area contributed by atoms with Gasteiger partial charge >= 0.3 is 18.0 Å². The minimum atomic E-state index is -1.15. The molecule has 0 radical (unpaired) electrons. The Bertz CT molecular complexity index is 1150. The van der Waals surface area contributed by atoms with Crippen molar-refractivity contribution >= 4 is 29.8 Å². The summed E-state index contributed by atoms with van der Waals surface area (Å²) >= 11 is 0. The summed E-state index contributed by atoms with van der Waals surface area (Å²) in [5.41, 5.74) is -0.819. The average molecular weight is 588 g/mol. The van der Waals surface area contributed by atoms with Gasteiger partial charge in [-0.25, -0.2) is 14.4 Å². The van der Waals surface area contributed by atoms with Gasteiger partial charge in [0.1, 0.15) is 29.9 Å². The van der Waals surface area contributed by atoms with E-state index in [1.807, 2.05) is 32.0 Å². The van der Waals surface area contributed by atoms with E-state index in [-0.39, 0.29) is 12.5 Å². The fraction of sp³-hybridized carbons (Fsp3) is 0.645. The van der Waals surface area contributed by atoms with E-state index in [0.29, 0.717) is 25.8 Å². The molecule has 3 amide bonds. The van der Waals surface area contributed by atoms with Crippen molar-refractivity contribution in [2.24, 2.45) is 5.92 Å². The van der Waals surface area contributed by atoms with Crippen molar-refractivity contribution in [1.82, 2.24) is 15.1 Å². The summed E-state index contributed by atoms with van der Waals surface area (Å²) in [6.07, 6.45) is 0.528. The Morgan fingerprint density at radius 2 is 1.50 bits per heavy atom. The number of nitrogens with one attached hydrogen (secondary N) is 1. The molecule has 2 saturated heterocycles. The minimum absolute atomic E-state index is 0.0134. The van der Waals surface area contributed by atoms with Crippen LogP contribution in [-0.2, 0) is 40.0 Å². The second-order valence-corrected chi connectivity index (χ2v) is 13.3. The van der Waals surface area contributed by atoms with Crippen LogP contribution in [0.4, 0.5) is 4.79 Å². The molecule has 0 saturated carbocycles. The topological polar surface area (TPSA) is 131 Å². The minimum Gasteiger partial charge on any atom is -0.459 e. The molecule has 4 atom stereocenters. The number of carbonyl (C=O) groups excluding carboxylic acids is 5. The molecule has 42 heavy (non-hydrogen) atoms. The van der Waals surface area contributed by atoms with Crippen LogP contribution in [0.1, 0.15) is 80.2 Å². The SMILES string of the molecule is CC(C)C[C@H](NC(=O)OC(C)(C)C)C(=O)N1CCC[C@@H]1C(=O)N1C(C(=O)OCc2ccccc2)C1C(=O)OC(C)(C)C. The van der Waals surface area contributed by atoms with Gasteiger partial charge in [-0.05, 0) is 72.3 Å². The van der Waals surface area contributed by atoms with Gasteiger partial charge in [0, 0.05) is 6.54 Å². The van der Waals surface area contributed by atoms with Crippen LogP contribution in [0.5, 0.6) is 0 Å². The van der Waals surface area contributed by atoms with E-state index in [0.717, 1.165) is 10.5 Å². The van der Waals surface area contributed by atoms with Gasteiger partial charge in [0.15, 0.2) is 12.1 Å². The third-order valence-corrected chi connectivity index (χ3v) is 6.69. The summed E-state index contributed by atoms with van der Waals surface area (Å²) in [4.78, 5) is 68.9. The first-order valence-electron chi connectivity index (χ1n) is 14.5. The van der Waals surface area contributed by atoms with Crippen LogP contribution in [-0.4, -0.2) is 81.6 Å². The number of carbonyl (C=O) groups is 5. The van der Waals surface area contributed by atoms with Crippen molar-refractivity contribution < 1.29 is 38.2 Å². The van der Waals surface area contributed by atoms with E-state index in [2.05, 4.69) is 5.32 Å². The fourth-order valence-corrected chi connectivity index (χ4v) is 4.97. The first-order valence-corrected chi connectivity index (χ1v) is 14.5. The number of ether oxygens (including phenoxy) is 3. The Hall–Kier alpha value is -3.63. The Balaban J connectivity index is 1.78. The van der Waals surface area contributed by atoms with Crippen LogP contribution >= 0.6 is 0 Å². The molecule has 232 valence electrons. The van der Waals surface area contributed by atoms with Crippen LogP contribution < -0.4 is 5.32 Å². The monoisotopic (exact) mass is 587 g/mol. The van der Waals surface area contributed by atoms with Crippen LogP contribution in [0.25, 0.3) is 0 Å². The molecule has 0 aliphatic carbocycles. The van der Waals surface area contributed by atoms with Crippen molar-refractivity contribution in [1.29, 1.82) is 0 Å². The van der Waals surface area contributed by atoms with Crippen LogP contribution in [0.2, 0.25) is 0 Å². The maximum atomic E-state index is 13.9. The second kappa shape index (κ2) is 13.1. The quantitative estimate of drug-likeness (QED) is 0.264. The fourth-order valence-electron chi connectivity index (χ4n) is 4.97. The molecule has 2 aliphatic heterocycles. The van der Waals surface area contributed by atoms with Crippen molar-refractivity contribution in [3.63, 3.8) is 0 Å². The lowest BCUT2D eigenvalue weighted by Gasteiger charge is -2.30. The molecule has 2 unspecified atom stereocenters. The van der Waals surface area contributed by atoms with Gasteiger partial charge in [0.2, 0.25) is 11.8 Å². The van der Waals surface area contributed by atoms with Gasteiger partial charge in [-0.15, -0.1) is 0 Å². The molecule has 2 fully saturated rings. The van der Waals surface area contributed by atoms with Crippen molar-refractivity contribution in [2.75, 3.05) is 6.54 Å². The molecule has 11 heteroatoms. The van der Waals surface area contributed by atoms with Crippen molar-refractivity contribution in [3.8, 4) is 0 Å². The highest BCUT2D eigenvalue weighted by Crippen LogP contribution is 2.36. The number of esters is 2. The van der Waals surface area contributed by atoms with Crippen molar-refractivity contribution in [3.05, 3.63) is 35.9 Å². The summed E-state index contributed by atoms with van der Waals surface area (Å²) in [6.45, 7) is 14.4. The molecule has 1 N–H and O–H groups in total. The summed E-state index contributed by atoms with van der Waals surface area (Å²) in [5.74, 6) is -2.30. The van der Waals surface area contributed by atoms with Gasteiger partial charge in [0.05, 0.1) is 0 Å². The lowest BCUT2D eigenvalue weighted by atomic mass is 10.0. The van der Waals surface area contributed by atoms with Gasteiger partial charge < -0.3 is 29.3 Å². The Kier molecular flexibility index (Phi) is 10.3. The number of rotatable bonds is 9. The van der Waals surface area contributed by atoms with Gasteiger partial charge in [0.25, 0.3) is 0 Å². The lowest BCUT2D eigenvalue weighted by Crippen LogP contribution is -2.53. The van der Waals surface area contributed by atoms with Gasteiger partial charge in [-0.2, -0.15) is 0 Å². The summed E-state index contributed by atoms with van der Waals surface area (Å²) < 4.78 is 16.3. The van der Waals surface area contributed by atoms with Crippen molar-refractivity contribution in [2.45, 2.75) is 117 Å². The molecule has 0 bridgehead atoms. The molecular formula is C31H45N3O8. The number of hydrogen-bond donors (Lipinski definition) is 1. The second-order valence-electron chi connectivity index (χ2n) is 13.3. The molecule has 11 nitrogen and oxygen atoms in total. The van der Waals surface area contributed by atoms with Crippen LogP contribution in [0.3, 0.4) is 0 Å². The molecule has 3 rings (SSSR count). The Morgan fingerprint density at radius 1 is 0.905 bits per heavy atom. The number of hydrogen-bond acceptors (Lipinski definition) is 8. The number of amides is 3. The zero-order valence-corrected chi connectivity index (χ0v) is 26.0. The molecule has 2 aliphatic rings. The number of likely N-dealkylation sites (tertiary alicyclic amines) is 1. The van der Waals surface area contributed by atoms with Crippen LogP contribution in [0, 0.1) is 5.92 Å². The highest BCUT2D eigenvalue weighted by atomic mass is 16.6. The lowest BCUT2D eigenvalue weighted by molar-refractivity contribution is -0.157. The predicted molar refractivity (Wildman–Crippen MR) is 154 cm³/mol. The maximum absolute atomic E-state index is 13.9. The maximum Gasteiger partial charge on any atom is 0.408 e. The smallest absolute Gasteiger partial charge is 0.408 e. The normalized spacial score (nSPS) is 21.0. The summed E-state index contributed by atoms with van der Waals surface area (Å²) in [6, 6.07) is 4.97. The zero-order chi connectivity index (χ0) is 31.4. The standard InChI is InChI=1S/C31H45N3O8/c1-19(2)17-21(32-29(39)42-31(6,7)8)25(35)33-16-12-15-22(33)26(36)34-23(24(34)28(38)41-30(3,4)5)27(37)40-18-20-13-10-9-11-14-20/h9-11,13-14,19,21-24H,12,15-18H2,1-8H3,(H,32,39)/t21-,22+,23?,24?,34?/m0/s1. The largest absolute Gasteiger partial charge is 0.459 e. The van der Waals surface area contributed by atoms with E-state index in [1.165, 1.54) is 4.90 Å². The third-order valence-electron chi connectivity index (χ3n) is 6.69. The van der Waals surface area contributed by atoms with Gasteiger partial charge in [-0.1, -0.05) is 44.2 Å². The molecule has 1 aromatic carbocycles. The molecule has 1 aromatic rings. The highest BCUT2D eigenvalue weighted by Gasteiger charge is 2.64. The summed E-state index contributed by atoms with van der Waals surface area (Å²) in [7, 11) is 0. The third kappa shape index (κ3) is 8.93. The van der Waals surface area contributed by atoms with E-state index < -0.39 is 65.2 Å². The molecule has 0 spiro atoms. The number of nitrogens with zero attached hydrogens (tertiary/aromatic N) is 2. The average Bonchev–Trinajstić information content (AvgIpc) is 3.43. The molecular weight excluding hydrogens is 542 g/mol. The van der Waals surface area contributed by atoms with E-state index >= 15 is 0 Å². The Morgan fingerprint density at radius 3 is 2.07 bits per heavy atom. The van der Waals surface area contributed by atoms with E-state index in [4.69, 9.17) is 14.2 Å². The number of benzene rings is 1.